The number of nitrogens with one attached hydrogen (secondary N) is 2. The second-order valence-corrected chi connectivity index (χ2v) is 7.16. The van der Waals surface area contributed by atoms with Crippen molar-refractivity contribution in [1.82, 2.24) is 20.2 Å². The summed E-state index contributed by atoms with van der Waals surface area (Å²) in [5.41, 5.74) is 3.02. The smallest absolute Gasteiger partial charge is 0.222 e. The Kier molecular flexibility index (Phi) is 4.91. The molecule has 6 heteroatoms. The van der Waals surface area contributed by atoms with Crippen LogP contribution in [0.15, 0.2) is 48.5 Å². The van der Waals surface area contributed by atoms with Crippen molar-refractivity contribution >= 4 is 28.5 Å². The third kappa shape index (κ3) is 3.89. The molecule has 4 rings (SSSR count). The van der Waals surface area contributed by atoms with Crippen molar-refractivity contribution in [3.8, 4) is 0 Å². The maximum Gasteiger partial charge on any atom is 0.222 e. The largest absolute Gasteiger partial charge is 0.341 e. The molecule has 1 unspecified atom stereocenters. The molecular formula is C20H21ClN4O. The maximum absolute atomic E-state index is 12.2. The molecule has 1 aromatic heterocycles. The Morgan fingerprint density at radius 1 is 1.23 bits per heavy atom. The molecule has 2 aromatic carbocycles. The number of H-pyrrole nitrogens is 1. The number of carbonyl (C=O) groups is 1. The molecular weight excluding hydrogens is 348 g/mol. The first-order chi connectivity index (χ1) is 12.7. The van der Waals surface area contributed by atoms with Crippen molar-refractivity contribution in [1.29, 1.82) is 0 Å². The standard InChI is InChI=1S/C20H21ClN4O/c21-15-6-8-17-18(10-15)24-19(23-17)11-22-16-7-9-20(26)25(13-16)12-14-4-2-1-3-5-14/h1-6,8,10,16,22H,7,9,11-13H2,(H,23,24). The molecule has 0 aliphatic carbocycles. The quantitative estimate of drug-likeness (QED) is 0.724. The van der Waals surface area contributed by atoms with E-state index in [2.05, 4.69) is 27.4 Å². The van der Waals surface area contributed by atoms with E-state index >= 15 is 0 Å². The molecule has 2 heterocycles. The highest BCUT2D eigenvalue weighted by Crippen LogP contribution is 2.18. The van der Waals surface area contributed by atoms with Gasteiger partial charge in [0, 0.05) is 30.6 Å². The number of rotatable bonds is 5. The fraction of sp³-hybridized carbons (Fsp3) is 0.300. The van der Waals surface area contributed by atoms with Crippen molar-refractivity contribution in [2.75, 3.05) is 6.54 Å². The van der Waals surface area contributed by atoms with E-state index in [9.17, 15) is 4.79 Å². The molecule has 1 atom stereocenters. The van der Waals surface area contributed by atoms with Gasteiger partial charge < -0.3 is 15.2 Å². The minimum Gasteiger partial charge on any atom is -0.341 e. The van der Waals surface area contributed by atoms with Crippen LogP contribution < -0.4 is 5.32 Å². The lowest BCUT2D eigenvalue weighted by atomic mass is 10.0. The molecule has 0 spiro atoms. The molecule has 0 bridgehead atoms. The number of aromatic amines is 1. The van der Waals surface area contributed by atoms with Gasteiger partial charge in [-0.15, -0.1) is 0 Å². The number of carbonyl (C=O) groups excluding carboxylic acids is 1. The lowest BCUT2D eigenvalue weighted by Gasteiger charge is -2.33. The Labute approximate surface area is 157 Å². The topological polar surface area (TPSA) is 61.0 Å². The highest BCUT2D eigenvalue weighted by atomic mass is 35.5. The molecule has 1 fully saturated rings. The summed E-state index contributed by atoms with van der Waals surface area (Å²) in [4.78, 5) is 22.1. The summed E-state index contributed by atoms with van der Waals surface area (Å²) >= 11 is 6.02. The van der Waals surface area contributed by atoms with Gasteiger partial charge in [0.05, 0.1) is 17.6 Å². The first kappa shape index (κ1) is 17.1. The van der Waals surface area contributed by atoms with E-state index < -0.39 is 0 Å². The van der Waals surface area contributed by atoms with Gasteiger partial charge in [-0.3, -0.25) is 4.79 Å². The lowest BCUT2D eigenvalue weighted by Crippen LogP contribution is -2.47. The van der Waals surface area contributed by atoms with Gasteiger partial charge in [-0.1, -0.05) is 41.9 Å². The van der Waals surface area contributed by atoms with E-state index in [1.54, 1.807) is 0 Å². The molecule has 0 radical (unpaired) electrons. The average molecular weight is 369 g/mol. The monoisotopic (exact) mass is 368 g/mol. The number of likely N-dealkylation sites (tertiary alicyclic amines) is 1. The predicted molar refractivity (Wildman–Crippen MR) is 103 cm³/mol. The van der Waals surface area contributed by atoms with Crippen LogP contribution in [0.4, 0.5) is 0 Å². The zero-order chi connectivity index (χ0) is 17.9. The Morgan fingerprint density at radius 2 is 2.08 bits per heavy atom. The Balaban J connectivity index is 1.37. The fourth-order valence-electron chi connectivity index (χ4n) is 3.40. The molecule has 3 aromatic rings. The van der Waals surface area contributed by atoms with Gasteiger partial charge in [-0.25, -0.2) is 4.98 Å². The summed E-state index contributed by atoms with van der Waals surface area (Å²) in [7, 11) is 0. The van der Waals surface area contributed by atoms with Gasteiger partial charge in [0.15, 0.2) is 0 Å². The number of hydrogen-bond acceptors (Lipinski definition) is 3. The van der Waals surface area contributed by atoms with Crippen LogP contribution in [0.1, 0.15) is 24.2 Å². The van der Waals surface area contributed by atoms with Crippen molar-refractivity contribution in [2.45, 2.75) is 32.0 Å². The fourth-order valence-corrected chi connectivity index (χ4v) is 3.57. The number of fused-ring (bicyclic) bond motifs is 1. The molecule has 1 amide bonds. The van der Waals surface area contributed by atoms with Crippen LogP contribution in [0.25, 0.3) is 11.0 Å². The summed E-state index contributed by atoms with van der Waals surface area (Å²) in [5, 5.41) is 4.23. The van der Waals surface area contributed by atoms with Crippen molar-refractivity contribution in [3.05, 3.63) is 64.9 Å². The molecule has 26 heavy (non-hydrogen) atoms. The molecule has 2 N–H and O–H groups in total. The number of piperidine rings is 1. The lowest BCUT2D eigenvalue weighted by molar-refractivity contribution is -0.134. The first-order valence-electron chi connectivity index (χ1n) is 8.86. The number of benzene rings is 2. The van der Waals surface area contributed by atoms with Gasteiger partial charge in [0.1, 0.15) is 5.82 Å². The number of imidazole rings is 1. The van der Waals surface area contributed by atoms with Crippen LogP contribution in [0.2, 0.25) is 5.02 Å². The zero-order valence-corrected chi connectivity index (χ0v) is 15.2. The van der Waals surface area contributed by atoms with E-state index in [1.165, 1.54) is 0 Å². The summed E-state index contributed by atoms with van der Waals surface area (Å²) in [6.07, 6.45) is 1.44. The highest BCUT2D eigenvalue weighted by molar-refractivity contribution is 6.31. The SMILES string of the molecule is O=C1CCC(NCc2nc3ccc(Cl)cc3[nH]2)CN1Cc1ccccc1. The summed E-state index contributed by atoms with van der Waals surface area (Å²) < 4.78 is 0. The second-order valence-electron chi connectivity index (χ2n) is 6.72. The van der Waals surface area contributed by atoms with E-state index in [1.807, 2.05) is 41.3 Å². The zero-order valence-electron chi connectivity index (χ0n) is 14.4. The Morgan fingerprint density at radius 3 is 2.92 bits per heavy atom. The summed E-state index contributed by atoms with van der Waals surface area (Å²) in [6.45, 7) is 2.03. The minimum atomic E-state index is 0.227. The van der Waals surface area contributed by atoms with Crippen LogP contribution in [0.3, 0.4) is 0 Å². The highest BCUT2D eigenvalue weighted by Gasteiger charge is 2.25. The van der Waals surface area contributed by atoms with E-state index in [0.29, 0.717) is 24.5 Å². The van der Waals surface area contributed by atoms with Crippen LogP contribution in [-0.4, -0.2) is 33.4 Å². The molecule has 1 saturated heterocycles. The number of nitrogens with zero attached hydrogens (tertiary/aromatic N) is 2. The molecule has 1 aliphatic heterocycles. The van der Waals surface area contributed by atoms with Gasteiger partial charge >= 0.3 is 0 Å². The molecule has 1 aliphatic rings. The van der Waals surface area contributed by atoms with Crippen LogP contribution in [0, 0.1) is 0 Å². The molecule has 134 valence electrons. The van der Waals surface area contributed by atoms with Crippen molar-refractivity contribution in [3.63, 3.8) is 0 Å². The Hall–Kier alpha value is -2.37. The normalized spacial score (nSPS) is 17.8. The van der Waals surface area contributed by atoms with Crippen molar-refractivity contribution in [2.24, 2.45) is 0 Å². The molecule has 5 nitrogen and oxygen atoms in total. The Bertz CT molecular complexity index is 909. The summed E-state index contributed by atoms with van der Waals surface area (Å²) in [6, 6.07) is 16.0. The van der Waals surface area contributed by atoms with E-state index in [4.69, 9.17) is 11.6 Å². The second kappa shape index (κ2) is 7.48. The van der Waals surface area contributed by atoms with Gasteiger partial charge in [0.2, 0.25) is 5.91 Å². The van der Waals surface area contributed by atoms with Crippen LogP contribution in [-0.2, 0) is 17.9 Å². The molecule has 0 saturated carbocycles. The number of hydrogen-bond donors (Lipinski definition) is 2. The number of amides is 1. The first-order valence-corrected chi connectivity index (χ1v) is 9.24. The summed E-state index contributed by atoms with van der Waals surface area (Å²) in [5.74, 6) is 1.11. The third-order valence-electron chi connectivity index (χ3n) is 4.77. The predicted octanol–water partition coefficient (Wildman–Crippen LogP) is 3.50. The van der Waals surface area contributed by atoms with Gasteiger partial charge in [0.25, 0.3) is 0 Å². The van der Waals surface area contributed by atoms with E-state index in [0.717, 1.165) is 35.4 Å². The van der Waals surface area contributed by atoms with Gasteiger partial charge in [-0.05, 0) is 30.2 Å². The van der Waals surface area contributed by atoms with Crippen LogP contribution in [0.5, 0.6) is 0 Å². The van der Waals surface area contributed by atoms with Gasteiger partial charge in [-0.2, -0.15) is 0 Å². The minimum absolute atomic E-state index is 0.227. The van der Waals surface area contributed by atoms with Crippen molar-refractivity contribution < 1.29 is 4.79 Å². The third-order valence-corrected chi connectivity index (χ3v) is 5.00. The number of aromatic nitrogens is 2. The van der Waals surface area contributed by atoms with E-state index in [-0.39, 0.29) is 11.9 Å². The average Bonchev–Trinajstić information content (AvgIpc) is 3.05. The number of halogens is 1. The van der Waals surface area contributed by atoms with Crippen LogP contribution >= 0.6 is 11.6 Å². The maximum atomic E-state index is 12.2.